The number of carbonyl (C=O) groups is 2. The molecule has 2 heterocycles. The zero-order valence-corrected chi connectivity index (χ0v) is 26.9. The molecule has 2 aliphatic rings. The molecule has 2 aromatic rings. The van der Waals surface area contributed by atoms with E-state index in [0.717, 1.165) is 56.7 Å². The van der Waals surface area contributed by atoms with Gasteiger partial charge in [0.15, 0.2) is 0 Å². The first-order valence-corrected chi connectivity index (χ1v) is 15.9. The molecule has 0 bridgehead atoms. The average Bonchev–Trinajstić information content (AvgIpc) is 3.00. The van der Waals surface area contributed by atoms with Crippen molar-refractivity contribution in [1.82, 2.24) is 25.1 Å². The summed E-state index contributed by atoms with van der Waals surface area (Å²) < 4.78 is 5.30. The Bertz CT molecular complexity index is 1180. The molecule has 2 saturated heterocycles. The number of nitrogens with one attached hydrogen (secondary N) is 1. The summed E-state index contributed by atoms with van der Waals surface area (Å²) >= 11 is 6.11. The molecule has 0 radical (unpaired) electrons. The number of ether oxygens (including phenoxy) is 1. The predicted octanol–water partition coefficient (Wildman–Crippen LogP) is 3.58. The molecule has 2 aromatic carbocycles. The van der Waals surface area contributed by atoms with Gasteiger partial charge in [-0.15, -0.1) is 0 Å². The Kier molecular flexibility index (Phi) is 12.2. The van der Waals surface area contributed by atoms with Gasteiger partial charge in [0, 0.05) is 75.8 Å². The molecule has 2 aliphatic heterocycles. The van der Waals surface area contributed by atoms with Gasteiger partial charge in [-0.25, -0.2) is 10.0 Å². The third kappa shape index (κ3) is 9.65. The Morgan fingerprint density at radius 2 is 1.72 bits per heavy atom. The van der Waals surface area contributed by atoms with Crippen LogP contribution in [0.25, 0.3) is 0 Å². The third-order valence-electron chi connectivity index (χ3n) is 8.51. The van der Waals surface area contributed by atoms with Gasteiger partial charge in [-0.05, 0) is 61.2 Å². The molecular weight excluding hydrogens is 564 g/mol. The molecule has 10 heteroatoms. The molecular formula is C33H49ClN6O3. The second-order valence-electron chi connectivity index (χ2n) is 12.4. The molecule has 0 spiro atoms. The number of hydrazine groups is 1. The molecule has 43 heavy (non-hydrogen) atoms. The molecule has 0 saturated carbocycles. The topological polar surface area (TPSA) is 94.4 Å². The Morgan fingerprint density at radius 1 is 1.05 bits per heavy atom. The van der Waals surface area contributed by atoms with E-state index in [-0.39, 0.29) is 18.2 Å². The smallest absolute Gasteiger partial charge is 0.245 e. The van der Waals surface area contributed by atoms with E-state index in [1.54, 1.807) is 7.11 Å². The largest absolute Gasteiger partial charge is 0.497 e. The number of halogens is 1. The zero-order chi connectivity index (χ0) is 30.9. The van der Waals surface area contributed by atoms with E-state index >= 15 is 0 Å². The second kappa shape index (κ2) is 15.9. The highest BCUT2D eigenvalue weighted by atomic mass is 35.5. The number of nitrogens with two attached hydrogens (primary N) is 1. The van der Waals surface area contributed by atoms with Crippen LogP contribution in [0, 0.1) is 5.92 Å². The van der Waals surface area contributed by atoms with Crippen LogP contribution in [0.2, 0.25) is 5.02 Å². The lowest BCUT2D eigenvalue weighted by atomic mass is 9.99. The Balaban J connectivity index is 1.41. The van der Waals surface area contributed by atoms with Crippen molar-refractivity contribution in [3.63, 3.8) is 0 Å². The third-order valence-corrected chi connectivity index (χ3v) is 8.76. The van der Waals surface area contributed by atoms with Gasteiger partial charge in [0.2, 0.25) is 11.8 Å². The molecule has 0 aliphatic carbocycles. The van der Waals surface area contributed by atoms with Gasteiger partial charge in [-0.3, -0.25) is 9.59 Å². The van der Waals surface area contributed by atoms with Crippen LogP contribution in [0.4, 0.5) is 0 Å². The van der Waals surface area contributed by atoms with Crippen molar-refractivity contribution in [3.8, 4) is 5.75 Å². The molecule has 236 valence electrons. The number of nitrogens with zero attached hydrogens (tertiary/aromatic N) is 4. The lowest BCUT2D eigenvalue weighted by Gasteiger charge is -2.47. The van der Waals surface area contributed by atoms with Crippen LogP contribution in [-0.2, 0) is 16.0 Å². The number of benzene rings is 2. The van der Waals surface area contributed by atoms with Crippen molar-refractivity contribution in [3.05, 3.63) is 64.7 Å². The van der Waals surface area contributed by atoms with Crippen LogP contribution in [0.1, 0.15) is 50.3 Å². The minimum atomic E-state index is -0.688. The molecule has 2 amide bonds. The normalized spacial score (nSPS) is 18.6. The van der Waals surface area contributed by atoms with E-state index in [1.807, 2.05) is 53.4 Å². The summed E-state index contributed by atoms with van der Waals surface area (Å²) in [5.41, 5.74) is 8.14. The summed E-state index contributed by atoms with van der Waals surface area (Å²) in [6.45, 7) is 11.1. The fourth-order valence-corrected chi connectivity index (χ4v) is 6.15. The van der Waals surface area contributed by atoms with E-state index in [9.17, 15) is 9.59 Å². The number of amides is 2. The monoisotopic (exact) mass is 612 g/mol. The second-order valence-corrected chi connectivity index (χ2v) is 12.8. The highest BCUT2D eigenvalue weighted by molar-refractivity contribution is 6.30. The number of hydrogen-bond acceptors (Lipinski definition) is 7. The van der Waals surface area contributed by atoms with Crippen molar-refractivity contribution >= 4 is 23.4 Å². The maximum Gasteiger partial charge on any atom is 0.245 e. The van der Waals surface area contributed by atoms with Crippen molar-refractivity contribution < 1.29 is 14.3 Å². The highest BCUT2D eigenvalue weighted by Crippen LogP contribution is 2.23. The molecule has 9 nitrogen and oxygen atoms in total. The maximum atomic E-state index is 13.9. The van der Waals surface area contributed by atoms with Crippen molar-refractivity contribution in [2.75, 3.05) is 60.0 Å². The molecule has 2 fully saturated rings. The van der Waals surface area contributed by atoms with E-state index < -0.39 is 12.1 Å². The van der Waals surface area contributed by atoms with E-state index in [2.05, 4.69) is 41.1 Å². The Morgan fingerprint density at radius 3 is 2.35 bits per heavy atom. The number of piperazine rings is 1. The quantitative estimate of drug-likeness (QED) is 0.378. The molecule has 3 N–H and O–H groups in total. The van der Waals surface area contributed by atoms with Gasteiger partial charge in [-0.2, -0.15) is 0 Å². The first-order chi connectivity index (χ1) is 20.6. The van der Waals surface area contributed by atoms with Crippen LogP contribution in [0.5, 0.6) is 5.75 Å². The van der Waals surface area contributed by atoms with Crippen LogP contribution in [-0.4, -0.2) is 104 Å². The lowest BCUT2D eigenvalue weighted by molar-refractivity contribution is -0.140. The standard InChI is InChI=1S/C33H49ClN6O3/c1-24(2)23-40(39-18-16-37(3)17-19-39)28-12-14-38(15-13-28)33(42)31(20-25-8-10-27(34)11-9-25)36-32(41)22-30(35)26-6-5-7-29(21-26)43-4/h5-11,21,24,28,30-31H,12-20,22-23,35H2,1-4H3,(H,36,41). The van der Waals surface area contributed by atoms with Gasteiger partial charge >= 0.3 is 0 Å². The number of likely N-dealkylation sites (N-methyl/N-ethyl adjacent to an activating group) is 1. The number of hydrogen-bond donors (Lipinski definition) is 2. The van der Waals surface area contributed by atoms with E-state index in [4.69, 9.17) is 22.1 Å². The number of carbonyl (C=O) groups excluding carboxylic acids is 2. The fourth-order valence-electron chi connectivity index (χ4n) is 6.03. The maximum absolute atomic E-state index is 13.9. The summed E-state index contributed by atoms with van der Waals surface area (Å²) in [6, 6.07) is 14.0. The fraction of sp³-hybridized carbons (Fsp3) is 0.576. The van der Waals surface area contributed by atoms with E-state index in [0.29, 0.717) is 42.2 Å². The number of piperidine rings is 1. The van der Waals surface area contributed by atoms with Crippen LogP contribution in [0.3, 0.4) is 0 Å². The van der Waals surface area contributed by atoms with Gasteiger partial charge in [0.05, 0.1) is 7.11 Å². The molecule has 4 rings (SSSR count). The number of methoxy groups -OCH3 is 1. The predicted molar refractivity (Wildman–Crippen MR) is 172 cm³/mol. The van der Waals surface area contributed by atoms with Crippen LogP contribution < -0.4 is 15.8 Å². The summed E-state index contributed by atoms with van der Waals surface area (Å²) in [6.07, 6.45) is 2.27. The number of rotatable bonds is 12. The first-order valence-electron chi connectivity index (χ1n) is 15.5. The molecule has 2 unspecified atom stereocenters. The SMILES string of the molecule is COc1cccc(C(N)CC(=O)NC(Cc2ccc(Cl)cc2)C(=O)N2CCC(N(CC(C)C)N3CCN(C)CC3)CC2)c1. The Hall–Kier alpha value is -2.69. The van der Waals surface area contributed by atoms with Crippen molar-refractivity contribution in [1.29, 1.82) is 0 Å². The van der Waals surface area contributed by atoms with Crippen molar-refractivity contribution in [2.45, 2.75) is 57.7 Å². The average molecular weight is 613 g/mol. The molecule has 2 atom stereocenters. The van der Waals surface area contributed by atoms with Gasteiger partial charge in [-0.1, -0.05) is 49.7 Å². The highest BCUT2D eigenvalue weighted by Gasteiger charge is 2.34. The summed E-state index contributed by atoms with van der Waals surface area (Å²) in [7, 11) is 3.78. The van der Waals surface area contributed by atoms with Crippen molar-refractivity contribution in [2.24, 2.45) is 11.7 Å². The van der Waals surface area contributed by atoms with Gasteiger partial charge in [0.1, 0.15) is 11.8 Å². The summed E-state index contributed by atoms with van der Waals surface area (Å²) in [4.78, 5) is 31.5. The van der Waals surface area contributed by atoms with Gasteiger partial charge < -0.3 is 25.6 Å². The first kappa shape index (κ1) is 33.2. The number of likely N-dealkylation sites (tertiary alicyclic amines) is 1. The van der Waals surface area contributed by atoms with Crippen LogP contribution >= 0.6 is 11.6 Å². The minimum absolute atomic E-state index is 0.0493. The molecule has 0 aromatic heterocycles. The van der Waals surface area contributed by atoms with Crippen LogP contribution in [0.15, 0.2) is 48.5 Å². The Labute approximate surface area is 262 Å². The lowest BCUT2D eigenvalue weighted by Crippen LogP contribution is -2.60. The summed E-state index contributed by atoms with van der Waals surface area (Å²) in [5.74, 6) is 0.941. The minimum Gasteiger partial charge on any atom is -0.497 e. The zero-order valence-electron chi connectivity index (χ0n) is 26.2. The van der Waals surface area contributed by atoms with E-state index in [1.165, 1.54) is 0 Å². The summed E-state index contributed by atoms with van der Waals surface area (Å²) in [5, 5.41) is 8.76. The van der Waals surface area contributed by atoms with Gasteiger partial charge in [0.25, 0.3) is 0 Å².